The van der Waals surface area contributed by atoms with Gasteiger partial charge in [-0.2, -0.15) is 0 Å². The summed E-state index contributed by atoms with van der Waals surface area (Å²) in [6.07, 6.45) is 0. The SMILES string of the molecule is O=C(O)c1ccc(NC(=O)c2ccc(Cl)c(F)c2)c(O)c1. The molecule has 7 heteroatoms. The van der Waals surface area contributed by atoms with Crippen molar-refractivity contribution in [1.29, 1.82) is 0 Å². The number of carbonyl (C=O) groups excluding carboxylic acids is 1. The number of amides is 1. The van der Waals surface area contributed by atoms with Crippen LogP contribution in [0.3, 0.4) is 0 Å². The zero-order chi connectivity index (χ0) is 15.6. The minimum absolute atomic E-state index is 0.0126. The number of aromatic hydroxyl groups is 1. The fourth-order valence-corrected chi connectivity index (χ4v) is 1.72. The highest BCUT2D eigenvalue weighted by atomic mass is 35.5. The van der Waals surface area contributed by atoms with Crippen molar-refractivity contribution in [2.75, 3.05) is 5.32 Å². The maximum Gasteiger partial charge on any atom is 0.335 e. The Morgan fingerprint density at radius 3 is 2.33 bits per heavy atom. The van der Waals surface area contributed by atoms with Crippen LogP contribution in [0.2, 0.25) is 5.02 Å². The summed E-state index contributed by atoms with van der Waals surface area (Å²) in [5.41, 5.74) is -0.0954. The van der Waals surface area contributed by atoms with Crippen molar-refractivity contribution in [3.05, 3.63) is 58.4 Å². The Labute approximate surface area is 123 Å². The minimum Gasteiger partial charge on any atom is -0.506 e. The Balaban J connectivity index is 2.23. The lowest BCUT2D eigenvalue weighted by Crippen LogP contribution is -2.12. The van der Waals surface area contributed by atoms with Gasteiger partial charge < -0.3 is 15.5 Å². The molecule has 0 saturated heterocycles. The number of anilines is 1. The number of phenolic OH excluding ortho intramolecular Hbond substituents is 1. The van der Waals surface area contributed by atoms with Crippen molar-refractivity contribution in [2.24, 2.45) is 0 Å². The van der Waals surface area contributed by atoms with Crippen molar-refractivity contribution >= 4 is 29.2 Å². The topological polar surface area (TPSA) is 86.6 Å². The van der Waals surface area contributed by atoms with Crippen LogP contribution in [-0.2, 0) is 0 Å². The number of carboxylic acid groups (broad SMARTS) is 1. The first kappa shape index (κ1) is 14.8. The van der Waals surface area contributed by atoms with Crippen molar-refractivity contribution in [2.45, 2.75) is 0 Å². The molecule has 5 nitrogen and oxygen atoms in total. The number of benzene rings is 2. The van der Waals surface area contributed by atoms with E-state index >= 15 is 0 Å². The van der Waals surface area contributed by atoms with Crippen molar-refractivity contribution in [3.8, 4) is 5.75 Å². The van der Waals surface area contributed by atoms with Crippen LogP contribution in [0.5, 0.6) is 5.75 Å². The highest BCUT2D eigenvalue weighted by molar-refractivity contribution is 6.30. The van der Waals surface area contributed by atoms with E-state index in [4.69, 9.17) is 16.7 Å². The van der Waals surface area contributed by atoms with Crippen LogP contribution in [0.1, 0.15) is 20.7 Å². The maximum atomic E-state index is 13.3. The van der Waals surface area contributed by atoms with Crippen LogP contribution in [0.4, 0.5) is 10.1 Å². The average molecular weight is 310 g/mol. The van der Waals surface area contributed by atoms with Crippen molar-refractivity contribution in [1.82, 2.24) is 0 Å². The first-order chi connectivity index (χ1) is 9.88. The van der Waals surface area contributed by atoms with E-state index in [-0.39, 0.29) is 21.8 Å². The quantitative estimate of drug-likeness (QED) is 0.760. The van der Waals surface area contributed by atoms with Gasteiger partial charge in [0.05, 0.1) is 16.3 Å². The van der Waals surface area contributed by atoms with Crippen LogP contribution in [0, 0.1) is 5.82 Å². The van der Waals surface area contributed by atoms with Crippen LogP contribution in [-0.4, -0.2) is 22.1 Å². The second-order valence-corrected chi connectivity index (χ2v) is 4.53. The van der Waals surface area contributed by atoms with Gasteiger partial charge in [0.25, 0.3) is 5.91 Å². The molecule has 2 aromatic carbocycles. The molecular formula is C14H9ClFNO4. The number of hydrogen-bond acceptors (Lipinski definition) is 3. The summed E-state index contributed by atoms with van der Waals surface area (Å²) < 4.78 is 13.3. The maximum absolute atomic E-state index is 13.3. The Bertz CT molecular complexity index is 733. The van der Waals surface area contributed by atoms with E-state index in [9.17, 15) is 19.1 Å². The average Bonchev–Trinajstić information content (AvgIpc) is 2.43. The first-order valence-electron chi connectivity index (χ1n) is 5.71. The minimum atomic E-state index is -1.21. The van der Waals surface area contributed by atoms with E-state index in [1.54, 1.807) is 0 Å². The molecule has 1 amide bonds. The van der Waals surface area contributed by atoms with Gasteiger partial charge in [-0.05, 0) is 36.4 Å². The second-order valence-electron chi connectivity index (χ2n) is 4.12. The van der Waals surface area contributed by atoms with Crippen LogP contribution in [0.15, 0.2) is 36.4 Å². The van der Waals surface area contributed by atoms with Gasteiger partial charge in [0.15, 0.2) is 0 Å². The largest absolute Gasteiger partial charge is 0.506 e. The second kappa shape index (κ2) is 5.80. The molecule has 0 saturated carbocycles. The fraction of sp³-hybridized carbons (Fsp3) is 0. The molecular weight excluding hydrogens is 301 g/mol. The van der Waals surface area contributed by atoms with E-state index in [1.165, 1.54) is 24.3 Å². The molecule has 0 aromatic heterocycles. The summed E-state index contributed by atoms with van der Waals surface area (Å²) in [6, 6.07) is 6.98. The third-order valence-corrected chi connectivity index (χ3v) is 2.98. The molecule has 108 valence electrons. The first-order valence-corrected chi connectivity index (χ1v) is 6.09. The molecule has 2 aromatic rings. The number of rotatable bonds is 3. The zero-order valence-electron chi connectivity index (χ0n) is 10.4. The number of halogens is 2. The smallest absolute Gasteiger partial charge is 0.335 e. The Kier molecular flexibility index (Phi) is 4.09. The van der Waals surface area contributed by atoms with Crippen LogP contribution >= 0.6 is 11.6 Å². The van der Waals surface area contributed by atoms with Crippen molar-refractivity contribution in [3.63, 3.8) is 0 Å². The molecule has 21 heavy (non-hydrogen) atoms. The summed E-state index contributed by atoms with van der Waals surface area (Å²) in [5, 5.41) is 20.7. The van der Waals surface area contributed by atoms with E-state index in [2.05, 4.69) is 5.32 Å². The predicted molar refractivity (Wildman–Crippen MR) is 74.4 cm³/mol. The Morgan fingerprint density at radius 1 is 1.10 bits per heavy atom. The predicted octanol–water partition coefficient (Wildman–Crippen LogP) is 3.14. The standard InChI is InChI=1S/C14H9ClFNO4/c15-9-3-1-7(5-10(9)16)13(19)17-11-4-2-8(14(20)21)6-12(11)18/h1-6,18H,(H,17,19)(H,20,21). The van der Waals surface area contributed by atoms with E-state index < -0.39 is 23.4 Å². The van der Waals surface area contributed by atoms with Gasteiger partial charge in [0, 0.05) is 5.56 Å². The number of carbonyl (C=O) groups is 2. The van der Waals surface area contributed by atoms with E-state index in [1.807, 2.05) is 0 Å². The molecule has 0 bridgehead atoms. The summed E-state index contributed by atoms with van der Waals surface area (Å²) in [7, 11) is 0. The number of aromatic carboxylic acids is 1. The lowest BCUT2D eigenvalue weighted by Gasteiger charge is -2.08. The Hall–Kier alpha value is -2.60. The van der Waals surface area contributed by atoms with Gasteiger partial charge in [0.1, 0.15) is 11.6 Å². The molecule has 0 aliphatic carbocycles. The molecule has 0 atom stereocenters. The number of nitrogens with one attached hydrogen (secondary N) is 1. The highest BCUT2D eigenvalue weighted by Gasteiger charge is 2.13. The molecule has 0 radical (unpaired) electrons. The van der Waals surface area contributed by atoms with Gasteiger partial charge in [-0.1, -0.05) is 11.6 Å². The number of carboxylic acids is 1. The molecule has 3 N–H and O–H groups in total. The highest BCUT2D eigenvalue weighted by Crippen LogP contribution is 2.25. The van der Waals surface area contributed by atoms with Crippen LogP contribution < -0.4 is 5.32 Å². The third-order valence-electron chi connectivity index (χ3n) is 2.67. The molecule has 0 unspecified atom stereocenters. The zero-order valence-corrected chi connectivity index (χ0v) is 11.2. The number of hydrogen-bond donors (Lipinski definition) is 3. The summed E-state index contributed by atoms with van der Waals surface area (Å²) in [5.74, 6) is -3.01. The van der Waals surface area contributed by atoms with E-state index in [0.717, 1.165) is 12.1 Å². The van der Waals surface area contributed by atoms with Crippen molar-refractivity contribution < 1.29 is 24.2 Å². The van der Waals surface area contributed by atoms with Gasteiger partial charge in [-0.15, -0.1) is 0 Å². The van der Waals surface area contributed by atoms with Gasteiger partial charge in [-0.3, -0.25) is 4.79 Å². The molecule has 2 rings (SSSR count). The third kappa shape index (κ3) is 3.29. The van der Waals surface area contributed by atoms with Crippen LogP contribution in [0.25, 0.3) is 0 Å². The Morgan fingerprint density at radius 2 is 1.76 bits per heavy atom. The van der Waals surface area contributed by atoms with E-state index in [0.29, 0.717) is 0 Å². The normalized spacial score (nSPS) is 10.2. The fourth-order valence-electron chi connectivity index (χ4n) is 1.60. The summed E-state index contributed by atoms with van der Waals surface area (Å²) >= 11 is 5.52. The lowest BCUT2D eigenvalue weighted by molar-refractivity contribution is 0.0696. The molecule has 0 aliphatic heterocycles. The monoisotopic (exact) mass is 309 g/mol. The molecule has 0 fully saturated rings. The molecule has 0 spiro atoms. The molecule has 0 aliphatic rings. The number of phenols is 1. The molecule has 0 heterocycles. The summed E-state index contributed by atoms with van der Waals surface area (Å²) in [6.45, 7) is 0. The van der Waals surface area contributed by atoms with Gasteiger partial charge in [-0.25, -0.2) is 9.18 Å². The van der Waals surface area contributed by atoms with Gasteiger partial charge in [0.2, 0.25) is 0 Å². The lowest BCUT2D eigenvalue weighted by atomic mass is 10.1. The summed E-state index contributed by atoms with van der Waals surface area (Å²) in [4.78, 5) is 22.6. The van der Waals surface area contributed by atoms with Gasteiger partial charge >= 0.3 is 5.97 Å².